The molecule has 0 spiro atoms. The highest BCUT2D eigenvalue weighted by Gasteiger charge is 2.28. The number of halogens is 1. The van der Waals surface area contributed by atoms with Gasteiger partial charge in [-0.25, -0.2) is 4.79 Å². The van der Waals surface area contributed by atoms with Crippen molar-refractivity contribution in [3.8, 4) is 0 Å². The van der Waals surface area contributed by atoms with Crippen LogP contribution in [0.3, 0.4) is 0 Å². The number of thiocarbonyl (C=S) groups is 1. The number of carbonyl (C=O) groups excluding carboxylic acids is 2. The number of carbonyl (C=O) groups is 2. The van der Waals surface area contributed by atoms with Crippen LogP contribution in [0.25, 0.3) is 0 Å². The van der Waals surface area contributed by atoms with Crippen molar-refractivity contribution >= 4 is 62.8 Å². The van der Waals surface area contributed by atoms with Crippen LogP contribution in [-0.4, -0.2) is 74.2 Å². The van der Waals surface area contributed by atoms with Crippen LogP contribution in [0.1, 0.15) is 25.6 Å². The quantitative estimate of drug-likeness (QED) is 0.528. The first-order chi connectivity index (χ1) is 14.7. The fraction of sp³-hybridized carbons (Fsp3) is 0.381. The maximum absolute atomic E-state index is 12.5. The molecular weight excluding hydrogens is 456 g/mol. The minimum atomic E-state index is -0.498. The number of anilines is 2. The van der Waals surface area contributed by atoms with E-state index >= 15 is 0 Å². The number of piperazine rings is 1. The summed E-state index contributed by atoms with van der Waals surface area (Å²) in [6.45, 7) is 4.77. The van der Waals surface area contributed by atoms with E-state index in [1.165, 1.54) is 23.3 Å². The van der Waals surface area contributed by atoms with Crippen molar-refractivity contribution in [2.45, 2.75) is 6.92 Å². The highest BCUT2D eigenvalue weighted by atomic mass is 35.5. The maximum Gasteiger partial charge on any atom is 0.341 e. The van der Waals surface area contributed by atoms with Gasteiger partial charge in [0.2, 0.25) is 0 Å². The molecule has 0 bridgehead atoms. The molecule has 0 unspecified atom stereocenters. The van der Waals surface area contributed by atoms with Crippen LogP contribution < -0.4 is 10.2 Å². The van der Waals surface area contributed by atoms with Crippen molar-refractivity contribution < 1.29 is 14.3 Å². The van der Waals surface area contributed by atoms with E-state index in [2.05, 4.69) is 15.1 Å². The Morgan fingerprint density at radius 3 is 2.48 bits per heavy atom. The molecule has 1 saturated heterocycles. The molecule has 31 heavy (non-hydrogen) atoms. The van der Waals surface area contributed by atoms with E-state index in [9.17, 15) is 9.59 Å². The second-order valence-corrected chi connectivity index (χ2v) is 9.18. The average Bonchev–Trinajstić information content (AvgIpc) is 3.08. The number of ether oxygens (including phenoxy) is 1. The van der Waals surface area contributed by atoms with E-state index in [1.54, 1.807) is 21.0 Å². The lowest BCUT2D eigenvalue weighted by Crippen LogP contribution is -2.50. The average molecular weight is 481 g/mol. The van der Waals surface area contributed by atoms with Crippen LogP contribution in [0, 0.1) is 6.92 Å². The molecular formula is C21H25ClN4O3S2. The predicted octanol–water partition coefficient (Wildman–Crippen LogP) is 3.72. The highest BCUT2D eigenvalue weighted by Crippen LogP contribution is 2.34. The molecule has 0 aliphatic carbocycles. The summed E-state index contributed by atoms with van der Waals surface area (Å²) < 4.78 is 4.94. The van der Waals surface area contributed by atoms with E-state index in [4.69, 9.17) is 28.6 Å². The van der Waals surface area contributed by atoms with Crippen molar-refractivity contribution in [3.63, 3.8) is 0 Å². The Hall–Kier alpha value is -2.36. The standard InChI is InChI=1S/C21H25ClN4O3S2/c1-13-16(20(28)29-4)18(31-17(13)19(27)24(2)3)23-21(30)26-10-8-25(9-11-26)15-7-5-6-14(22)12-15/h5-7,12H,8-11H2,1-4H3,(H,23,30). The van der Waals surface area contributed by atoms with E-state index in [0.717, 1.165) is 31.9 Å². The Morgan fingerprint density at radius 2 is 1.90 bits per heavy atom. The fourth-order valence-corrected chi connectivity index (χ4v) is 5.12. The van der Waals surface area contributed by atoms with Gasteiger partial charge in [0.05, 0.1) is 17.6 Å². The van der Waals surface area contributed by atoms with Crippen LogP contribution in [0.2, 0.25) is 5.02 Å². The first-order valence-corrected chi connectivity index (χ1v) is 11.3. The maximum atomic E-state index is 12.5. The van der Waals surface area contributed by atoms with Gasteiger partial charge in [0.15, 0.2) is 5.11 Å². The molecule has 10 heteroatoms. The molecule has 1 aliphatic heterocycles. The van der Waals surface area contributed by atoms with Gasteiger partial charge >= 0.3 is 5.97 Å². The molecule has 2 heterocycles. The molecule has 1 fully saturated rings. The lowest BCUT2D eigenvalue weighted by Gasteiger charge is -2.37. The number of hydrogen-bond acceptors (Lipinski definition) is 6. The molecule has 1 aromatic heterocycles. The first-order valence-electron chi connectivity index (χ1n) is 9.72. The molecule has 1 N–H and O–H groups in total. The highest BCUT2D eigenvalue weighted by molar-refractivity contribution is 7.80. The zero-order valence-corrected chi connectivity index (χ0v) is 20.3. The van der Waals surface area contributed by atoms with E-state index in [0.29, 0.717) is 31.1 Å². The topological polar surface area (TPSA) is 65.1 Å². The summed E-state index contributed by atoms with van der Waals surface area (Å²) in [5.74, 6) is -0.663. The Balaban J connectivity index is 1.74. The molecule has 3 rings (SSSR count). The molecule has 7 nitrogen and oxygen atoms in total. The van der Waals surface area contributed by atoms with Crippen molar-refractivity contribution in [3.05, 3.63) is 45.3 Å². The molecule has 1 amide bonds. The van der Waals surface area contributed by atoms with Crippen LogP contribution in [0.15, 0.2) is 24.3 Å². The number of esters is 1. The van der Waals surface area contributed by atoms with E-state index < -0.39 is 5.97 Å². The van der Waals surface area contributed by atoms with Gasteiger partial charge in [-0.1, -0.05) is 17.7 Å². The number of nitrogens with zero attached hydrogens (tertiary/aromatic N) is 3. The number of methoxy groups -OCH3 is 1. The lowest BCUT2D eigenvalue weighted by atomic mass is 10.1. The number of rotatable bonds is 4. The van der Waals surface area contributed by atoms with Crippen LogP contribution in [0.5, 0.6) is 0 Å². The van der Waals surface area contributed by atoms with Gasteiger partial charge in [0, 0.05) is 51.0 Å². The summed E-state index contributed by atoms with van der Waals surface area (Å²) in [6.07, 6.45) is 0. The van der Waals surface area contributed by atoms with Crippen molar-refractivity contribution in [2.75, 3.05) is 57.6 Å². The predicted molar refractivity (Wildman–Crippen MR) is 130 cm³/mol. The number of amides is 1. The van der Waals surface area contributed by atoms with Gasteiger partial charge < -0.3 is 24.8 Å². The smallest absolute Gasteiger partial charge is 0.341 e. The fourth-order valence-electron chi connectivity index (χ4n) is 3.37. The molecule has 2 aromatic rings. The Labute approximate surface area is 196 Å². The van der Waals surface area contributed by atoms with Crippen LogP contribution >= 0.6 is 35.2 Å². The summed E-state index contributed by atoms with van der Waals surface area (Å²) in [7, 11) is 4.68. The summed E-state index contributed by atoms with van der Waals surface area (Å²) >= 11 is 12.9. The number of benzene rings is 1. The molecule has 1 aromatic carbocycles. The van der Waals surface area contributed by atoms with Crippen molar-refractivity contribution in [1.82, 2.24) is 9.80 Å². The SMILES string of the molecule is COC(=O)c1c(NC(=S)N2CCN(c3cccc(Cl)c3)CC2)sc(C(=O)N(C)C)c1C. The molecule has 1 aliphatic rings. The van der Waals surface area contributed by atoms with Crippen molar-refractivity contribution in [1.29, 1.82) is 0 Å². The second kappa shape index (κ2) is 9.84. The second-order valence-electron chi connectivity index (χ2n) is 7.34. The normalized spacial score (nSPS) is 13.7. The summed E-state index contributed by atoms with van der Waals surface area (Å²) in [5.41, 5.74) is 2.02. The van der Waals surface area contributed by atoms with Gasteiger partial charge in [-0.2, -0.15) is 0 Å². The summed E-state index contributed by atoms with van der Waals surface area (Å²) in [4.78, 5) is 31.2. The van der Waals surface area contributed by atoms with Crippen LogP contribution in [-0.2, 0) is 4.74 Å². The molecule has 0 atom stereocenters. The number of nitrogens with one attached hydrogen (secondary N) is 1. The third-order valence-corrected chi connectivity index (χ3v) is 6.89. The van der Waals surface area contributed by atoms with Gasteiger partial charge in [-0.05, 0) is 42.9 Å². The van der Waals surface area contributed by atoms with Gasteiger partial charge in [-0.15, -0.1) is 11.3 Å². The van der Waals surface area contributed by atoms with Crippen molar-refractivity contribution in [2.24, 2.45) is 0 Å². The largest absolute Gasteiger partial charge is 0.465 e. The number of hydrogen-bond donors (Lipinski definition) is 1. The Kier molecular flexibility index (Phi) is 7.40. The van der Waals surface area contributed by atoms with Gasteiger partial charge in [-0.3, -0.25) is 4.79 Å². The third kappa shape index (κ3) is 5.11. The van der Waals surface area contributed by atoms with Gasteiger partial charge in [0.1, 0.15) is 5.00 Å². The Morgan fingerprint density at radius 1 is 1.23 bits per heavy atom. The van der Waals surface area contributed by atoms with Gasteiger partial charge in [0.25, 0.3) is 5.91 Å². The summed E-state index contributed by atoms with van der Waals surface area (Å²) in [5, 5.41) is 4.93. The number of thiophene rings is 1. The minimum absolute atomic E-state index is 0.165. The first kappa shape index (κ1) is 23.3. The zero-order valence-electron chi connectivity index (χ0n) is 17.9. The zero-order chi connectivity index (χ0) is 22.7. The molecule has 0 radical (unpaired) electrons. The monoisotopic (exact) mass is 480 g/mol. The lowest BCUT2D eigenvalue weighted by molar-refractivity contribution is 0.0601. The Bertz CT molecular complexity index is 1000. The third-order valence-electron chi connectivity index (χ3n) is 5.10. The molecule has 166 valence electrons. The minimum Gasteiger partial charge on any atom is -0.465 e. The van der Waals surface area contributed by atoms with E-state index in [-0.39, 0.29) is 5.91 Å². The van der Waals surface area contributed by atoms with E-state index in [1.807, 2.05) is 24.3 Å². The summed E-state index contributed by atoms with van der Waals surface area (Å²) in [6, 6.07) is 7.79. The molecule has 0 saturated carbocycles. The van der Waals surface area contributed by atoms with Crippen LogP contribution in [0.4, 0.5) is 10.7 Å².